The molecule has 1 unspecified atom stereocenters. The van der Waals surface area contributed by atoms with Crippen molar-refractivity contribution in [1.82, 2.24) is 0 Å². The van der Waals surface area contributed by atoms with E-state index in [0.29, 0.717) is 17.2 Å². The van der Waals surface area contributed by atoms with Crippen molar-refractivity contribution >= 4 is 17.3 Å². The largest absolute Gasteiger partial charge is 0.399 e. The molecule has 0 fully saturated rings. The Morgan fingerprint density at radius 2 is 1.86 bits per heavy atom. The maximum absolute atomic E-state index is 12.8. The zero-order chi connectivity index (χ0) is 14.8. The molecule has 0 saturated carbocycles. The van der Waals surface area contributed by atoms with Gasteiger partial charge in [-0.3, -0.25) is 4.79 Å². The highest BCUT2D eigenvalue weighted by Crippen LogP contribution is 2.34. The van der Waals surface area contributed by atoms with E-state index in [1.807, 2.05) is 23.1 Å². The van der Waals surface area contributed by atoms with Crippen LogP contribution >= 0.6 is 0 Å². The standard InChI is InChI=1S/C18H20N2O/c1-13-5-4-12-20(17-7-3-2-6-16(13)17)18(21)14-8-10-15(19)11-9-14/h2-3,6-11,13H,4-5,12,19H2,1H3. The number of nitrogens with zero attached hydrogens (tertiary/aromatic N) is 1. The second-order valence-corrected chi connectivity index (χ2v) is 5.68. The third kappa shape index (κ3) is 2.64. The monoisotopic (exact) mass is 280 g/mol. The van der Waals surface area contributed by atoms with E-state index in [-0.39, 0.29) is 5.91 Å². The summed E-state index contributed by atoms with van der Waals surface area (Å²) < 4.78 is 0. The summed E-state index contributed by atoms with van der Waals surface area (Å²) in [6.07, 6.45) is 2.14. The highest BCUT2D eigenvalue weighted by atomic mass is 16.2. The zero-order valence-electron chi connectivity index (χ0n) is 12.3. The van der Waals surface area contributed by atoms with Crippen LogP contribution in [0, 0.1) is 0 Å². The first-order valence-corrected chi connectivity index (χ1v) is 7.43. The van der Waals surface area contributed by atoms with Crippen LogP contribution < -0.4 is 10.6 Å². The van der Waals surface area contributed by atoms with Crippen molar-refractivity contribution in [2.75, 3.05) is 17.2 Å². The molecule has 0 aliphatic carbocycles. The van der Waals surface area contributed by atoms with Gasteiger partial charge < -0.3 is 10.6 Å². The molecule has 0 bridgehead atoms. The fraction of sp³-hybridized carbons (Fsp3) is 0.278. The first-order valence-electron chi connectivity index (χ1n) is 7.43. The van der Waals surface area contributed by atoms with E-state index in [4.69, 9.17) is 5.73 Å². The smallest absolute Gasteiger partial charge is 0.258 e. The van der Waals surface area contributed by atoms with Crippen molar-refractivity contribution in [3.8, 4) is 0 Å². The lowest BCUT2D eigenvalue weighted by atomic mass is 9.96. The number of nitrogen functional groups attached to an aromatic ring is 1. The second kappa shape index (κ2) is 5.60. The molecule has 2 aromatic rings. The molecule has 2 aromatic carbocycles. The van der Waals surface area contributed by atoms with Gasteiger partial charge >= 0.3 is 0 Å². The number of carbonyl (C=O) groups excluding carboxylic acids is 1. The molecule has 0 spiro atoms. The molecule has 2 N–H and O–H groups in total. The van der Waals surface area contributed by atoms with E-state index in [1.165, 1.54) is 5.56 Å². The lowest BCUT2D eigenvalue weighted by Gasteiger charge is -2.23. The number of nitrogens with two attached hydrogens (primary N) is 1. The highest BCUT2D eigenvalue weighted by Gasteiger charge is 2.24. The number of hydrogen-bond donors (Lipinski definition) is 1. The summed E-state index contributed by atoms with van der Waals surface area (Å²) in [7, 11) is 0. The zero-order valence-corrected chi connectivity index (χ0v) is 12.3. The number of rotatable bonds is 1. The normalized spacial score (nSPS) is 18.0. The molecule has 1 atom stereocenters. The minimum absolute atomic E-state index is 0.0524. The van der Waals surface area contributed by atoms with Crippen LogP contribution in [0.1, 0.15) is 41.6 Å². The van der Waals surface area contributed by atoms with E-state index in [0.717, 1.165) is 25.1 Å². The van der Waals surface area contributed by atoms with E-state index in [9.17, 15) is 4.79 Å². The Kier molecular flexibility index (Phi) is 3.65. The molecule has 3 nitrogen and oxygen atoms in total. The molecule has 108 valence electrons. The van der Waals surface area contributed by atoms with Crippen molar-refractivity contribution in [1.29, 1.82) is 0 Å². The molecular weight excluding hydrogens is 260 g/mol. The van der Waals surface area contributed by atoms with Gasteiger partial charge in [-0.25, -0.2) is 0 Å². The number of anilines is 2. The lowest BCUT2D eigenvalue weighted by Crippen LogP contribution is -2.31. The number of hydrogen-bond acceptors (Lipinski definition) is 2. The molecule has 21 heavy (non-hydrogen) atoms. The third-order valence-corrected chi connectivity index (χ3v) is 4.18. The number of carbonyl (C=O) groups is 1. The predicted octanol–water partition coefficient (Wildman–Crippen LogP) is 3.81. The second-order valence-electron chi connectivity index (χ2n) is 5.68. The van der Waals surface area contributed by atoms with Crippen LogP contribution in [0.4, 0.5) is 11.4 Å². The Labute approximate surface area is 125 Å². The van der Waals surface area contributed by atoms with Crippen molar-refractivity contribution < 1.29 is 4.79 Å². The molecule has 3 heteroatoms. The van der Waals surface area contributed by atoms with Crippen LogP contribution in [-0.4, -0.2) is 12.5 Å². The molecule has 1 amide bonds. The Balaban J connectivity index is 1.99. The fourth-order valence-corrected chi connectivity index (χ4v) is 2.97. The van der Waals surface area contributed by atoms with Gasteiger partial charge in [0.1, 0.15) is 0 Å². The van der Waals surface area contributed by atoms with E-state index in [1.54, 1.807) is 24.3 Å². The molecule has 1 aliphatic heterocycles. The summed E-state index contributed by atoms with van der Waals surface area (Å²) in [6.45, 7) is 3.00. The summed E-state index contributed by atoms with van der Waals surface area (Å²) in [6, 6.07) is 15.4. The first-order chi connectivity index (χ1) is 10.2. The molecule has 1 aliphatic rings. The molecule has 1 heterocycles. The number of benzene rings is 2. The molecule has 0 aromatic heterocycles. The maximum atomic E-state index is 12.8. The summed E-state index contributed by atoms with van der Waals surface area (Å²) in [4.78, 5) is 14.7. The van der Waals surface area contributed by atoms with Crippen molar-refractivity contribution in [3.05, 3.63) is 59.7 Å². The van der Waals surface area contributed by atoms with Gasteiger partial charge in [-0.2, -0.15) is 0 Å². The average Bonchev–Trinajstić information content (AvgIpc) is 2.67. The maximum Gasteiger partial charge on any atom is 0.258 e. The van der Waals surface area contributed by atoms with Crippen molar-refractivity contribution in [2.45, 2.75) is 25.7 Å². The Bertz CT molecular complexity index is 649. The molecule has 3 rings (SSSR count). The van der Waals surface area contributed by atoms with Gasteiger partial charge in [-0.05, 0) is 54.7 Å². The van der Waals surface area contributed by atoms with Crippen LogP contribution in [0.25, 0.3) is 0 Å². The summed E-state index contributed by atoms with van der Waals surface area (Å²) >= 11 is 0. The predicted molar refractivity (Wildman–Crippen MR) is 86.6 cm³/mol. The molecular formula is C18H20N2O. The van der Waals surface area contributed by atoms with Gasteiger partial charge in [0.05, 0.1) is 0 Å². The number of fused-ring (bicyclic) bond motifs is 1. The summed E-state index contributed by atoms with van der Waals surface area (Å²) in [5.74, 6) is 0.543. The van der Waals surface area contributed by atoms with E-state index in [2.05, 4.69) is 13.0 Å². The van der Waals surface area contributed by atoms with E-state index < -0.39 is 0 Å². The Morgan fingerprint density at radius 3 is 2.62 bits per heavy atom. The van der Waals surface area contributed by atoms with E-state index >= 15 is 0 Å². The van der Waals surface area contributed by atoms with Gasteiger partial charge in [0.2, 0.25) is 0 Å². The van der Waals surface area contributed by atoms with Crippen molar-refractivity contribution in [3.63, 3.8) is 0 Å². The van der Waals surface area contributed by atoms with Crippen LogP contribution in [-0.2, 0) is 0 Å². The molecule has 0 radical (unpaired) electrons. The topological polar surface area (TPSA) is 46.3 Å². The van der Waals surface area contributed by atoms with Crippen molar-refractivity contribution in [2.24, 2.45) is 0 Å². The Hall–Kier alpha value is -2.29. The third-order valence-electron chi connectivity index (χ3n) is 4.18. The van der Waals surface area contributed by atoms with Gasteiger partial charge in [0.25, 0.3) is 5.91 Å². The van der Waals surface area contributed by atoms with Crippen LogP contribution in [0.2, 0.25) is 0 Å². The minimum Gasteiger partial charge on any atom is -0.399 e. The highest BCUT2D eigenvalue weighted by molar-refractivity contribution is 6.06. The quantitative estimate of drug-likeness (QED) is 0.807. The van der Waals surface area contributed by atoms with Gasteiger partial charge in [0.15, 0.2) is 0 Å². The van der Waals surface area contributed by atoms with Crippen LogP contribution in [0.3, 0.4) is 0 Å². The number of para-hydroxylation sites is 1. The summed E-state index contributed by atoms with van der Waals surface area (Å²) in [5.41, 5.74) is 9.37. The van der Waals surface area contributed by atoms with Crippen LogP contribution in [0.5, 0.6) is 0 Å². The molecule has 0 saturated heterocycles. The SMILES string of the molecule is CC1CCCN(C(=O)c2ccc(N)cc2)c2ccccc21. The fourth-order valence-electron chi connectivity index (χ4n) is 2.97. The average molecular weight is 280 g/mol. The lowest BCUT2D eigenvalue weighted by molar-refractivity contribution is 0.0987. The minimum atomic E-state index is 0.0524. The number of amides is 1. The first kappa shape index (κ1) is 13.7. The van der Waals surface area contributed by atoms with Gasteiger partial charge in [0, 0.05) is 23.5 Å². The van der Waals surface area contributed by atoms with Crippen LogP contribution in [0.15, 0.2) is 48.5 Å². The Morgan fingerprint density at radius 1 is 1.14 bits per heavy atom. The summed E-state index contributed by atoms with van der Waals surface area (Å²) in [5, 5.41) is 0. The van der Waals surface area contributed by atoms with Gasteiger partial charge in [-0.1, -0.05) is 25.1 Å². The van der Waals surface area contributed by atoms with Gasteiger partial charge in [-0.15, -0.1) is 0 Å².